The van der Waals surface area contributed by atoms with Crippen LogP contribution in [0.5, 0.6) is 5.75 Å². The Labute approximate surface area is 186 Å². The zero-order chi connectivity index (χ0) is 23.8. The van der Waals surface area contributed by atoms with Crippen LogP contribution in [-0.2, 0) is 9.84 Å². The lowest BCUT2D eigenvalue weighted by Gasteiger charge is -2.24. The molecule has 0 bridgehead atoms. The van der Waals surface area contributed by atoms with Crippen molar-refractivity contribution in [3.63, 3.8) is 0 Å². The number of nitrogens with zero attached hydrogens (tertiary/aromatic N) is 4. The first-order valence-electron chi connectivity index (χ1n) is 9.59. The summed E-state index contributed by atoms with van der Waals surface area (Å²) in [5.74, 6) is -0.420. The van der Waals surface area contributed by atoms with Crippen molar-refractivity contribution in [3.05, 3.63) is 76.7 Å². The quantitative estimate of drug-likeness (QED) is 0.558. The fourth-order valence-corrected chi connectivity index (χ4v) is 4.03. The summed E-state index contributed by atoms with van der Waals surface area (Å²) in [7, 11) is -3.45. The van der Waals surface area contributed by atoms with Crippen molar-refractivity contribution < 1.29 is 26.3 Å². The third-order valence-corrected chi connectivity index (χ3v) is 5.92. The van der Waals surface area contributed by atoms with Crippen LogP contribution in [0.2, 0.25) is 0 Å². The largest absolute Gasteiger partial charge is 0.573 e. The fourth-order valence-electron chi connectivity index (χ4n) is 3.37. The summed E-state index contributed by atoms with van der Waals surface area (Å²) in [6, 6.07) is 11.9. The Bertz CT molecular complexity index is 1390. The van der Waals surface area contributed by atoms with Gasteiger partial charge < -0.3 is 4.74 Å². The smallest absolute Gasteiger partial charge is 0.406 e. The Balaban J connectivity index is 1.70. The molecule has 4 rings (SSSR count). The topological polar surface area (TPSA) is 93.9 Å². The molecule has 1 unspecified atom stereocenters. The SMILES string of the molecule is CS(=O)(=O)c1cccc(-n2ccc(=O)c(C3CC=NN3c3cccc(OC(F)(F)F)c3)n2)c1. The van der Waals surface area contributed by atoms with Gasteiger partial charge in [-0.2, -0.15) is 10.2 Å². The number of halogens is 3. The van der Waals surface area contributed by atoms with E-state index < -0.39 is 33.4 Å². The van der Waals surface area contributed by atoms with Crippen LogP contribution in [0.4, 0.5) is 18.9 Å². The average molecular weight is 478 g/mol. The van der Waals surface area contributed by atoms with Gasteiger partial charge in [0.15, 0.2) is 9.84 Å². The molecule has 172 valence electrons. The Morgan fingerprint density at radius 2 is 1.79 bits per heavy atom. The number of hydrogen-bond donors (Lipinski definition) is 0. The van der Waals surface area contributed by atoms with Crippen molar-refractivity contribution in [2.24, 2.45) is 5.10 Å². The number of benzene rings is 2. The van der Waals surface area contributed by atoms with E-state index in [0.717, 1.165) is 12.3 Å². The van der Waals surface area contributed by atoms with E-state index in [9.17, 15) is 26.4 Å². The van der Waals surface area contributed by atoms with Gasteiger partial charge in [0.2, 0.25) is 5.43 Å². The molecule has 0 fully saturated rings. The zero-order valence-electron chi connectivity index (χ0n) is 17.1. The highest BCUT2D eigenvalue weighted by Gasteiger charge is 2.32. The lowest BCUT2D eigenvalue weighted by Crippen LogP contribution is -2.27. The van der Waals surface area contributed by atoms with Gasteiger partial charge in [0.1, 0.15) is 17.5 Å². The van der Waals surface area contributed by atoms with E-state index in [2.05, 4.69) is 14.9 Å². The van der Waals surface area contributed by atoms with Gasteiger partial charge in [-0.1, -0.05) is 12.1 Å². The number of sulfone groups is 1. The van der Waals surface area contributed by atoms with Gasteiger partial charge in [-0.05, 0) is 30.3 Å². The second-order valence-electron chi connectivity index (χ2n) is 7.22. The van der Waals surface area contributed by atoms with Gasteiger partial charge in [-0.15, -0.1) is 13.2 Å². The van der Waals surface area contributed by atoms with Crippen molar-refractivity contribution >= 4 is 21.7 Å². The summed E-state index contributed by atoms with van der Waals surface area (Å²) < 4.78 is 66.9. The molecule has 0 spiro atoms. The third-order valence-electron chi connectivity index (χ3n) is 4.81. The van der Waals surface area contributed by atoms with Gasteiger partial charge in [-0.25, -0.2) is 13.1 Å². The maximum Gasteiger partial charge on any atom is 0.573 e. The van der Waals surface area contributed by atoms with Gasteiger partial charge in [0, 0.05) is 37.2 Å². The number of anilines is 1. The van der Waals surface area contributed by atoms with E-state index >= 15 is 0 Å². The predicted molar refractivity (Wildman–Crippen MR) is 114 cm³/mol. The van der Waals surface area contributed by atoms with E-state index in [-0.39, 0.29) is 16.3 Å². The molecule has 33 heavy (non-hydrogen) atoms. The highest BCUT2D eigenvalue weighted by molar-refractivity contribution is 7.90. The van der Waals surface area contributed by atoms with Crippen LogP contribution >= 0.6 is 0 Å². The molecule has 1 aliphatic rings. The van der Waals surface area contributed by atoms with E-state index in [0.29, 0.717) is 12.1 Å². The third kappa shape index (κ3) is 5.06. The monoisotopic (exact) mass is 478 g/mol. The first-order chi connectivity index (χ1) is 15.5. The Morgan fingerprint density at radius 3 is 2.52 bits per heavy atom. The van der Waals surface area contributed by atoms with E-state index in [1.54, 1.807) is 12.1 Å². The Kier molecular flexibility index (Phi) is 5.70. The van der Waals surface area contributed by atoms with Crippen LogP contribution in [0.3, 0.4) is 0 Å². The van der Waals surface area contributed by atoms with Crippen molar-refractivity contribution in [3.8, 4) is 11.4 Å². The normalized spacial score (nSPS) is 16.2. The van der Waals surface area contributed by atoms with Crippen LogP contribution in [0, 0.1) is 0 Å². The molecule has 2 heterocycles. The highest BCUT2D eigenvalue weighted by atomic mass is 32.2. The second kappa shape index (κ2) is 8.35. The number of aromatic nitrogens is 2. The minimum atomic E-state index is -4.85. The molecule has 1 atom stereocenters. The Morgan fingerprint density at radius 1 is 1.06 bits per heavy atom. The second-order valence-corrected chi connectivity index (χ2v) is 9.23. The minimum absolute atomic E-state index is 0.0920. The van der Waals surface area contributed by atoms with Crippen LogP contribution in [0.1, 0.15) is 18.2 Å². The number of alkyl halides is 3. The zero-order valence-corrected chi connectivity index (χ0v) is 17.9. The van der Waals surface area contributed by atoms with Crippen LogP contribution in [0.15, 0.2) is 75.6 Å². The fraction of sp³-hybridized carbons (Fsp3) is 0.190. The molecule has 0 N–H and O–H groups in total. The summed E-state index contributed by atoms with van der Waals surface area (Å²) in [5.41, 5.74) is 0.409. The van der Waals surface area contributed by atoms with Crippen LogP contribution in [-0.4, -0.2) is 37.0 Å². The molecule has 0 radical (unpaired) electrons. The molecular formula is C21H17F3N4O4S. The van der Waals surface area contributed by atoms with Crippen LogP contribution in [0.25, 0.3) is 5.69 Å². The summed E-state index contributed by atoms with van der Waals surface area (Å²) in [6.07, 6.45) is -0.530. The van der Waals surface area contributed by atoms with Crippen LogP contribution < -0.4 is 15.2 Å². The number of hydrogen-bond acceptors (Lipinski definition) is 7. The molecule has 0 amide bonds. The molecule has 0 aliphatic carbocycles. The van der Waals surface area contributed by atoms with E-state index in [4.69, 9.17) is 0 Å². The van der Waals surface area contributed by atoms with Crippen molar-refractivity contribution in [2.75, 3.05) is 11.3 Å². The standard InChI is InChI=1S/C21H17F3N4O4S/c1-33(30,31)17-7-3-4-14(13-17)27-11-9-19(29)20(26-27)18-8-10-25-28(18)15-5-2-6-16(12-15)32-21(22,23)24/h2-7,9-13,18H,8H2,1H3. The van der Waals surface area contributed by atoms with E-state index in [1.165, 1.54) is 58.5 Å². The van der Waals surface area contributed by atoms with Gasteiger partial charge in [-0.3, -0.25) is 9.80 Å². The average Bonchev–Trinajstić information content (AvgIpc) is 3.22. The molecule has 3 aromatic rings. The summed E-state index contributed by atoms with van der Waals surface area (Å²) in [5, 5.41) is 9.97. The highest BCUT2D eigenvalue weighted by Crippen LogP contribution is 2.34. The number of hydrazone groups is 1. The first kappa shape index (κ1) is 22.5. The van der Waals surface area contributed by atoms with Crippen molar-refractivity contribution in [1.29, 1.82) is 0 Å². The first-order valence-corrected chi connectivity index (χ1v) is 11.5. The predicted octanol–water partition coefficient (Wildman–Crippen LogP) is 3.47. The van der Waals surface area contributed by atoms with Crippen molar-refractivity contribution in [2.45, 2.75) is 23.7 Å². The molecule has 0 saturated carbocycles. The molecule has 8 nitrogen and oxygen atoms in total. The maximum atomic E-state index is 12.6. The molecule has 2 aromatic carbocycles. The molecule has 12 heteroatoms. The van der Waals surface area contributed by atoms with Gasteiger partial charge >= 0.3 is 6.36 Å². The molecule has 0 saturated heterocycles. The lowest BCUT2D eigenvalue weighted by atomic mass is 10.1. The molecular weight excluding hydrogens is 461 g/mol. The molecule has 1 aliphatic heterocycles. The van der Waals surface area contributed by atoms with Crippen molar-refractivity contribution in [1.82, 2.24) is 9.78 Å². The maximum absolute atomic E-state index is 12.6. The minimum Gasteiger partial charge on any atom is -0.406 e. The van der Waals surface area contributed by atoms with Gasteiger partial charge in [0.25, 0.3) is 0 Å². The number of ether oxygens (including phenoxy) is 1. The van der Waals surface area contributed by atoms with Gasteiger partial charge in [0.05, 0.1) is 16.3 Å². The molecule has 1 aromatic heterocycles. The summed E-state index contributed by atoms with van der Waals surface area (Å²) in [6.45, 7) is 0. The summed E-state index contributed by atoms with van der Waals surface area (Å²) >= 11 is 0. The summed E-state index contributed by atoms with van der Waals surface area (Å²) in [4.78, 5) is 12.7. The number of rotatable bonds is 5. The van der Waals surface area contributed by atoms with E-state index in [1.807, 2.05) is 0 Å². The Hall–Kier alpha value is -3.67. The lowest BCUT2D eigenvalue weighted by molar-refractivity contribution is -0.274.